The number of fused-ring (bicyclic) bond motifs is 4. The summed E-state index contributed by atoms with van der Waals surface area (Å²) in [6.45, 7) is 11.8. The second kappa shape index (κ2) is 11.6. The Morgan fingerprint density at radius 2 is 1.61 bits per heavy atom. The van der Waals surface area contributed by atoms with Gasteiger partial charge in [-0.05, 0) is 79.1 Å². The van der Waals surface area contributed by atoms with E-state index in [4.69, 9.17) is 28.9 Å². The van der Waals surface area contributed by atoms with Crippen LogP contribution in [0.1, 0.15) is 79.2 Å². The molecule has 0 bridgehead atoms. The van der Waals surface area contributed by atoms with Crippen LogP contribution in [0.5, 0.6) is 0 Å². The lowest BCUT2D eigenvalue weighted by atomic mass is 9.78. The molecule has 258 valence electrons. The highest BCUT2D eigenvalue weighted by Crippen LogP contribution is 2.72. The number of hydrogen-bond donors (Lipinski definition) is 1. The lowest BCUT2D eigenvalue weighted by Crippen LogP contribution is -2.67. The smallest absolute Gasteiger partial charge is 0.261 e. The SMILES string of the molecule is CC1(C)O[C@H]2[C@H](n3cnc4c(N[C@@H](C5CCC5)C5CC5)nc(I)nc43)[C@H]3C[C@@]3(CO[Si](c3ccccc3)(c3ccccc3)C(C)(C)C)[C@H]2O1. The predicted octanol–water partition coefficient (Wildman–Crippen LogP) is 7.08. The Hall–Kier alpha value is -2.38. The van der Waals surface area contributed by atoms with E-state index < -0.39 is 14.1 Å². The molecule has 2 aromatic heterocycles. The molecule has 0 spiro atoms. The topological polar surface area (TPSA) is 83.3 Å². The average molecular weight is 790 g/mol. The Labute approximate surface area is 304 Å². The number of nitrogens with zero attached hydrogens (tertiary/aromatic N) is 4. The fraction of sp³-hybridized carbons (Fsp3) is 0.564. The summed E-state index contributed by atoms with van der Waals surface area (Å²) in [5.74, 6) is 2.01. The summed E-state index contributed by atoms with van der Waals surface area (Å²) >= 11 is 2.27. The lowest BCUT2D eigenvalue weighted by molar-refractivity contribution is -0.162. The molecule has 1 N–H and O–H groups in total. The maximum atomic E-state index is 7.61. The molecule has 5 fully saturated rings. The standard InChI is InChI=1S/C39H48IN5O3Si/c1-37(2,3)49(26-15-8-6-9-16-26,27-17-10-7-11-18-27)46-22-39-21-28(39)31(32-33(39)48-38(4,5)47-32)45-23-41-30-34(43-36(40)44-35(30)45)42-29(25-19-20-25)24-13-12-14-24/h6-11,15-18,23-25,28-29,31-33H,12-14,19-22H2,1-5H3,(H,42,43,44)/t28-,29+,31-,32+,33+,39+/m1/s1. The van der Waals surface area contributed by atoms with Gasteiger partial charge in [0.15, 0.2) is 26.6 Å². The van der Waals surface area contributed by atoms with Crippen LogP contribution in [0.3, 0.4) is 0 Å². The second-order valence-corrected chi connectivity index (χ2v) is 22.1. The zero-order valence-electron chi connectivity index (χ0n) is 29.2. The monoisotopic (exact) mass is 789 g/mol. The van der Waals surface area contributed by atoms with Crippen LogP contribution in [0.4, 0.5) is 5.82 Å². The van der Waals surface area contributed by atoms with E-state index in [9.17, 15) is 0 Å². The molecule has 0 unspecified atom stereocenters. The molecule has 10 heteroatoms. The van der Waals surface area contributed by atoms with Gasteiger partial charge < -0.3 is 23.8 Å². The van der Waals surface area contributed by atoms with E-state index in [2.05, 4.69) is 114 Å². The van der Waals surface area contributed by atoms with E-state index in [-0.39, 0.29) is 28.7 Å². The Morgan fingerprint density at radius 3 is 2.20 bits per heavy atom. The summed E-state index contributed by atoms with van der Waals surface area (Å²) in [6, 6.07) is 22.4. The summed E-state index contributed by atoms with van der Waals surface area (Å²) in [5, 5.41) is 6.40. The van der Waals surface area contributed by atoms with Crippen molar-refractivity contribution in [1.29, 1.82) is 0 Å². The first-order valence-corrected chi connectivity index (χ1v) is 21.3. The molecule has 4 saturated carbocycles. The molecule has 5 aliphatic rings. The molecule has 4 aliphatic carbocycles. The van der Waals surface area contributed by atoms with Crippen molar-refractivity contribution in [2.75, 3.05) is 11.9 Å². The van der Waals surface area contributed by atoms with Gasteiger partial charge in [0.1, 0.15) is 6.10 Å². The summed E-state index contributed by atoms with van der Waals surface area (Å²) in [7, 11) is -2.74. The Balaban J connectivity index is 1.08. The third kappa shape index (κ3) is 5.25. The van der Waals surface area contributed by atoms with Crippen molar-refractivity contribution in [3.8, 4) is 0 Å². The highest BCUT2D eigenvalue weighted by Gasteiger charge is 2.76. The molecule has 9 rings (SSSR count). The molecule has 3 heterocycles. The fourth-order valence-electron chi connectivity index (χ4n) is 9.70. The van der Waals surface area contributed by atoms with Crippen molar-refractivity contribution in [2.45, 2.75) is 108 Å². The number of imidazole rings is 1. The van der Waals surface area contributed by atoms with Crippen LogP contribution in [0.2, 0.25) is 5.04 Å². The van der Waals surface area contributed by atoms with Crippen molar-refractivity contribution < 1.29 is 13.9 Å². The van der Waals surface area contributed by atoms with E-state index >= 15 is 0 Å². The summed E-state index contributed by atoms with van der Waals surface area (Å²) in [4.78, 5) is 15.0. The van der Waals surface area contributed by atoms with E-state index in [1.807, 2.05) is 20.2 Å². The van der Waals surface area contributed by atoms with Crippen LogP contribution >= 0.6 is 22.6 Å². The molecule has 6 atom stereocenters. The van der Waals surface area contributed by atoms with Crippen LogP contribution in [-0.4, -0.2) is 58.5 Å². The van der Waals surface area contributed by atoms with Crippen LogP contribution < -0.4 is 15.7 Å². The lowest BCUT2D eigenvalue weighted by Gasteiger charge is -2.44. The number of hydrogen-bond acceptors (Lipinski definition) is 7. The van der Waals surface area contributed by atoms with Crippen molar-refractivity contribution >= 4 is 58.3 Å². The maximum absolute atomic E-state index is 7.61. The molecule has 8 nitrogen and oxygen atoms in total. The van der Waals surface area contributed by atoms with Gasteiger partial charge in [-0.3, -0.25) is 0 Å². The van der Waals surface area contributed by atoms with Gasteiger partial charge in [0, 0.05) is 40.7 Å². The van der Waals surface area contributed by atoms with Gasteiger partial charge in [0.2, 0.25) is 0 Å². The highest BCUT2D eigenvalue weighted by molar-refractivity contribution is 14.1. The zero-order chi connectivity index (χ0) is 33.8. The van der Waals surface area contributed by atoms with Gasteiger partial charge in [-0.1, -0.05) is 87.9 Å². The maximum Gasteiger partial charge on any atom is 0.261 e. The van der Waals surface area contributed by atoms with Gasteiger partial charge in [-0.2, -0.15) is 0 Å². The molecular weight excluding hydrogens is 741 g/mol. The first kappa shape index (κ1) is 32.5. The predicted molar refractivity (Wildman–Crippen MR) is 202 cm³/mol. The summed E-state index contributed by atoms with van der Waals surface area (Å²) in [5.41, 5.74) is 1.59. The van der Waals surface area contributed by atoms with Crippen molar-refractivity contribution in [1.82, 2.24) is 19.5 Å². The molecule has 0 radical (unpaired) electrons. The quantitative estimate of drug-likeness (QED) is 0.105. The van der Waals surface area contributed by atoms with Crippen molar-refractivity contribution in [2.24, 2.45) is 23.2 Å². The van der Waals surface area contributed by atoms with Gasteiger partial charge >= 0.3 is 0 Å². The number of aromatic nitrogens is 4. The van der Waals surface area contributed by atoms with E-state index in [0.29, 0.717) is 18.6 Å². The number of benzene rings is 2. The van der Waals surface area contributed by atoms with Gasteiger partial charge in [-0.15, -0.1) is 0 Å². The molecule has 0 amide bonds. The van der Waals surface area contributed by atoms with Crippen LogP contribution in [0.15, 0.2) is 67.0 Å². The van der Waals surface area contributed by atoms with Crippen LogP contribution in [-0.2, 0) is 13.9 Å². The number of ether oxygens (including phenoxy) is 2. The molecular formula is C39H48IN5O3Si. The Morgan fingerprint density at radius 1 is 0.959 bits per heavy atom. The van der Waals surface area contributed by atoms with Crippen LogP contribution in [0.25, 0.3) is 11.2 Å². The zero-order valence-corrected chi connectivity index (χ0v) is 32.4. The molecule has 1 aliphatic heterocycles. The molecule has 4 aromatic rings. The summed E-state index contributed by atoms with van der Waals surface area (Å²) in [6.07, 6.45) is 9.40. The Bertz CT molecular complexity index is 1820. The van der Waals surface area contributed by atoms with E-state index in [1.165, 1.54) is 42.5 Å². The Kier molecular flexibility index (Phi) is 7.67. The van der Waals surface area contributed by atoms with E-state index in [0.717, 1.165) is 39.1 Å². The normalized spacial score (nSPS) is 29.8. The minimum Gasteiger partial charge on any atom is -0.407 e. The third-order valence-corrected chi connectivity index (χ3v) is 17.9. The first-order valence-electron chi connectivity index (χ1n) is 18.3. The molecule has 2 aromatic carbocycles. The average Bonchev–Trinajstić information content (AvgIpc) is 3.92. The fourth-order valence-corrected chi connectivity index (χ4v) is 14.8. The summed E-state index contributed by atoms with van der Waals surface area (Å²) < 4.78 is 24.3. The number of halogens is 1. The number of nitrogens with one attached hydrogen (secondary N) is 1. The highest BCUT2D eigenvalue weighted by atomic mass is 127. The van der Waals surface area contributed by atoms with Gasteiger partial charge in [0.05, 0.1) is 18.5 Å². The largest absolute Gasteiger partial charge is 0.407 e. The minimum absolute atomic E-state index is 0.0453. The second-order valence-electron chi connectivity index (χ2n) is 16.9. The van der Waals surface area contributed by atoms with Crippen molar-refractivity contribution in [3.05, 3.63) is 70.8 Å². The number of rotatable bonds is 10. The molecule has 49 heavy (non-hydrogen) atoms. The van der Waals surface area contributed by atoms with Gasteiger partial charge in [0.25, 0.3) is 8.32 Å². The van der Waals surface area contributed by atoms with Crippen molar-refractivity contribution in [3.63, 3.8) is 0 Å². The van der Waals surface area contributed by atoms with Gasteiger partial charge in [-0.25, -0.2) is 15.0 Å². The van der Waals surface area contributed by atoms with E-state index in [1.54, 1.807) is 0 Å². The first-order chi connectivity index (χ1) is 23.5. The number of anilines is 1. The third-order valence-electron chi connectivity index (χ3n) is 12.4. The minimum atomic E-state index is -2.74. The molecule has 1 saturated heterocycles. The van der Waals surface area contributed by atoms with Crippen LogP contribution in [0, 0.1) is 27.0 Å².